The van der Waals surface area contributed by atoms with Gasteiger partial charge < -0.3 is 10.3 Å². The molecule has 138 valence electrons. The molecule has 0 saturated heterocycles. The summed E-state index contributed by atoms with van der Waals surface area (Å²) in [7, 11) is 0. The number of fused-ring (bicyclic) bond motifs is 3. The topological polar surface area (TPSA) is 69.6 Å². The van der Waals surface area contributed by atoms with Gasteiger partial charge in [0.2, 0.25) is 0 Å². The number of imidazole rings is 1. The molecule has 0 saturated carbocycles. The highest BCUT2D eigenvalue weighted by Crippen LogP contribution is 2.32. The number of anilines is 1. The Labute approximate surface area is 159 Å². The fourth-order valence-electron chi connectivity index (χ4n) is 3.64. The van der Waals surface area contributed by atoms with Crippen LogP contribution in [0.1, 0.15) is 38.9 Å². The Morgan fingerprint density at radius 2 is 1.93 bits per heavy atom. The van der Waals surface area contributed by atoms with Crippen LogP contribution in [-0.2, 0) is 13.0 Å². The van der Waals surface area contributed by atoms with Crippen LogP contribution in [0.25, 0.3) is 33.1 Å². The molecule has 4 rings (SSSR count). The van der Waals surface area contributed by atoms with Gasteiger partial charge in [0.25, 0.3) is 0 Å². The predicted octanol–water partition coefficient (Wildman–Crippen LogP) is 4.98. The molecule has 2 N–H and O–H groups in total. The van der Waals surface area contributed by atoms with Crippen LogP contribution in [0.5, 0.6) is 0 Å². The minimum Gasteiger partial charge on any atom is -0.382 e. The lowest BCUT2D eigenvalue weighted by atomic mass is 10.0. The summed E-state index contributed by atoms with van der Waals surface area (Å²) in [5.74, 6) is 1.62. The largest absolute Gasteiger partial charge is 0.382 e. The van der Waals surface area contributed by atoms with Crippen molar-refractivity contribution in [2.45, 2.75) is 46.1 Å². The van der Waals surface area contributed by atoms with Crippen LogP contribution >= 0.6 is 0 Å². The molecule has 1 aromatic carbocycles. The SMILES string of the molecule is CCCCn1c(CCC)nc2c(N)nc3cc(-c4cccnc4)ccc3c21. The lowest BCUT2D eigenvalue weighted by Crippen LogP contribution is -2.04. The number of benzene rings is 1. The number of aryl methyl sites for hydroxylation is 2. The molecule has 27 heavy (non-hydrogen) atoms. The molecular weight excluding hydrogens is 334 g/mol. The average molecular weight is 359 g/mol. The highest BCUT2D eigenvalue weighted by atomic mass is 15.1. The van der Waals surface area contributed by atoms with E-state index in [0.717, 1.165) is 71.1 Å². The van der Waals surface area contributed by atoms with E-state index >= 15 is 0 Å². The van der Waals surface area contributed by atoms with Crippen LogP contribution in [0.3, 0.4) is 0 Å². The predicted molar refractivity (Wildman–Crippen MR) is 112 cm³/mol. The number of hydrogen-bond donors (Lipinski definition) is 1. The Morgan fingerprint density at radius 1 is 1.04 bits per heavy atom. The van der Waals surface area contributed by atoms with Crippen LogP contribution in [0.4, 0.5) is 5.82 Å². The van der Waals surface area contributed by atoms with Crippen molar-refractivity contribution in [3.63, 3.8) is 0 Å². The van der Waals surface area contributed by atoms with Crippen LogP contribution in [-0.4, -0.2) is 19.5 Å². The van der Waals surface area contributed by atoms with Gasteiger partial charge in [0.15, 0.2) is 5.82 Å². The van der Waals surface area contributed by atoms with Gasteiger partial charge in [0.1, 0.15) is 11.3 Å². The summed E-state index contributed by atoms with van der Waals surface area (Å²) in [4.78, 5) is 13.7. The Hall–Kier alpha value is -2.95. The summed E-state index contributed by atoms with van der Waals surface area (Å²) in [5, 5.41) is 1.11. The summed E-state index contributed by atoms with van der Waals surface area (Å²) >= 11 is 0. The molecule has 0 aliphatic heterocycles. The maximum atomic E-state index is 6.32. The molecule has 0 amide bonds. The first-order chi connectivity index (χ1) is 13.2. The van der Waals surface area contributed by atoms with Gasteiger partial charge in [-0.25, -0.2) is 9.97 Å². The normalized spacial score (nSPS) is 11.5. The third kappa shape index (κ3) is 3.14. The number of nitrogens with zero attached hydrogens (tertiary/aromatic N) is 4. The summed E-state index contributed by atoms with van der Waals surface area (Å²) in [5.41, 5.74) is 11.3. The quantitative estimate of drug-likeness (QED) is 0.527. The fourth-order valence-corrected chi connectivity index (χ4v) is 3.64. The first-order valence-corrected chi connectivity index (χ1v) is 9.71. The number of nitrogens with two attached hydrogens (primary N) is 1. The Kier molecular flexibility index (Phi) is 4.75. The second-order valence-corrected chi connectivity index (χ2v) is 6.95. The third-order valence-electron chi connectivity index (χ3n) is 4.99. The molecule has 0 radical (unpaired) electrons. The molecule has 0 bridgehead atoms. The van der Waals surface area contributed by atoms with Crippen LogP contribution < -0.4 is 5.73 Å². The minimum atomic E-state index is 0.508. The van der Waals surface area contributed by atoms with Crippen molar-refractivity contribution in [1.29, 1.82) is 0 Å². The standard InChI is InChI=1S/C22H25N5/c1-3-5-12-27-19(7-4-2)26-20-21(27)17-10-9-15(13-18(17)25-22(20)23)16-8-6-11-24-14-16/h6,8-11,13-14H,3-5,7,12H2,1-2H3,(H2,23,25). The molecule has 0 aliphatic rings. The van der Waals surface area contributed by atoms with Crippen molar-refractivity contribution < 1.29 is 0 Å². The van der Waals surface area contributed by atoms with E-state index in [1.165, 1.54) is 0 Å². The van der Waals surface area contributed by atoms with E-state index in [9.17, 15) is 0 Å². The number of hydrogen-bond acceptors (Lipinski definition) is 4. The van der Waals surface area contributed by atoms with Gasteiger partial charge in [-0.2, -0.15) is 0 Å². The monoisotopic (exact) mass is 359 g/mol. The summed E-state index contributed by atoms with van der Waals surface area (Å²) in [6.07, 6.45) is 7.94. The van der Waals surface area contributed by atoms with E-state index in [0.29, 0.717) is 5.82 Å². The van der Waals surface area contributed by atoms with Crippen LogP contribution in [0.15, 0.2) is 42.7 Å². The number of pyridine rings is 2. The first-order valence-electron chi connectivity index (χ1n) is 9.71. The fraction of sp³-hybridized carbons (Fsp3) is 0.318. The van der Waals surface area contributed by atoms with Gasteiger partial charge in [0, 0.05) is 36.3 Å². The molecule has 3 heterocycles. The summed E-state index contributed by atoms with van der Waals surface area (Å²) in [6, 6.07) is 10.4. The van der Waals surface area contributed by atoms with Crippen molar-refractivity contribution in [2.24, 2.45) is 0 Å². The molecule has 5 nitrogen and oxygen atoms in total. The van der Waals surface area contributed by atoms with Gasteiger partial charge in [-0.05, 0) is 30.5 Å². The second-order valence-electron chi connectivity index (χ2n) is 6.95. The molecule has 0 spiro atoms. The average Bonchev–Trinajstić information content (AvgIpc) is 3.06. The number of nitrogen functional groups attached to an aromatic ring is 1. The van der Waals surface area contributed by atoms with Gasteiger partial charge in [-0.1, -0.05) is 38.5 Å². The van der Waals surface area contributed by atoms with Crippen LogP contribution in [0.2, 0.25) is 0 Å². The molecule has 5 heteroatoms. The van der Waals surface area contributed by atoms with E-state index in [1.807, 2.05) is 12.3 Å². The first kappa shape index (κ1) is 17.5. The second kappa shape index (κ2) is 7.35. The summed E-state index contributed by atoms with van der Waals surface area (Å²) < 4.78 is 2.35. The molecule has 0 unspecified atom stereocenters. The van der Waals surface area contributed by atoms with Crippen molar-refractivity contribution in [3.8, 4) is 11.1 Å². The van der Waals surface area contributed by atoms with E-state index in [2.05, 4.69) is 52.6 Å². The molecule has 4 aromatic rings. The lowest BCUT2D eigenvalue weighted by Gasteiger charge is -2.11. The van der Waals surface area contributed by atoms with Gasteiger partial charge in [-0.3, -0.25) is 4.98 Å². The number of rotatable bonds is 6. The van der Waals surface area contributed by atoms with Gasteiger partial charge >= 0.3 is 0 Å². The Bertz CT molecular complexity index is 1080. The van der Waals surface area contributed by atoms with Crippen LogP contribution in [0, 0.1) is 0 Å². The highest BCUT2D eigenvalue weighted by molar-refractivity contribution is 6.07. The molecular formula is C22H25N5. The van der Waals surface area contributed by atoms with E-state index in [1.54, 1.807) is 6.20 Å². The number of unbranched alkanes of at least 4 members (excludes halogenated alkanes) is 1. The maximum Gasteiger partial charge on any atom is 0.152 e. The van der Waals surface area contributed by atoms with Crippen molar-refractivity contribution in [3.05, 3.63) is 48.5 Å². The minimum absolute atomic E-state index is 0.508. The zero-order chi connectivity index (χ0) is 18.8. The van der Waals surface area contributed by atoms with Crippen molar-refractivity contribution >= 4 is 27.8 Å². The Balaban J connectivity index is 1.96. The summed E-state index contributed by atoms with van der Waals surface area (Å²) in [6.45, 7) is 5.36. The Morgan fingerprint density at radius 3 is 2.67 bits per heavy atom. The lowest BCUT2D eigenvalue weighted by molar-refractivity contribution is 0.612. The smallest absolute Gasteiger partial charge is 0.152 e. The molecule has 3 aromatic heterocycles. The number of aromatic nitrogens is 4. The zero-order valence-corrected chi connectivity index (χ0v) is 15.9. The molecule has 0 fully saturated rings. The van der Waals surface area contributed by atoms with E-state index in [-0.39, 0.29) is 0 Å². The molecule has 0 aliphatic carbocycles. The van der Waals surface area contributed by atoms with Gasteiger partial charge in [-0.15, -0.1) is 0 Å². The van der Waals surface area contributed by atoms with E-state index in [4.69, 9.17) is 10.7 Å². The van der Waals surface area contributed by atoms with Gasteiger partial charge in [0.05, 0.1) is 11.0 Å². The third-order valence-corrected chi connectivity index (χ3v) is 4.99. The molecule has 0 atom stereocenters. The van der Waals surface area contributed by atoms with Crippen molar-refractivity contribution in [1.82, 2.24) is 19.5 Å². The highest BCUT2D eigenvalue weighted by Gasteiger charge is 2.17. The van der Waals surface area contributed by atoms with Crippen molar-refractivity contribution in [2.75, 3.05) is 5.73 Å². The van der Waals surface area contributed by atoms with E-state index < -0.39 is 0 Å². The maximum absolute atomic E-state index is 6.32. The zero-order valence-electron chi connectivity index (χ0n) is 15.9.